The van der Waals surface area contributed by atoms with Crippen LogP contribution in [0.1, 0.15) is 95.2 Å². The minimum Gasteiger partial charge on any atom is -0.459 e. The van der Waals surface area contributed by atoms with Crippen molar-refractivity contribution in [2.45, 2.75) is 76.2 Å². The Morgan fingerprint density at radius 3 is 2.45 bits per heavy atom. The predicted molar refractivity (Wildman–Crippen MR) is 253 cm³/mol. The summed E-state index contributed by atoms with van der Waals surface area (Å²) in [6, 6.07) is 35.1. The zero-order chi connectivity index (χ0) is 46.0. The van der Waals surface area contributed by atoms with E-state index < -0.39 is 17.7 Å². The van der Waals surface area contributed by atoms with Gasteiger partial charge in [0.1, 0.15) is 36.2 Å². The summed E-state index contributed by atoms with van der Waals surface area (Å²) < 4.78 is 21.2. The van der Waals surface area contributed by atoms with Gasteiger partial charge in [0.15, 0.2) is 0 Å². The first kappa shape index (κ1) is 46.0. The van der Waals surface area contributed by atoms with Gasteiger partial charge in [-0.25, -0.2) is 0 Å². The van der Waals surface area contributed by atoms with Crippen LogP contribution in [0.3, 0.4) is 0 Å². The molecule has 3 aliphatic rings. The number of oxime groups is 1. The number of aliphatic hydroxyl groups is 2. The normalized spacial score (nSPS) is 22.2. The minimum absolute atomic E-state index is 0.000159. The summed E-state index contributed by atoms with van der Waals surface area (Å²) >= 11 is 0. The highest BCUT2D eigenvalue weighted by Gasteiger charge is 2.65. The van der Waals surface area contributed by atoms with E-state index in [0.717, 1.165) is 59.4 Å². The third kappa shape index (κ3) is 9.40. The van der Waals surface area contributed by atoms with Crippen molar-refractivity contribution in [3.05, 3.63) is 161 Å². The maximum Gasteiger partial charge on any atom is 0.254 e. The second-order valence-corrected chi connectivity index (χ2v) is 17.2. The smallest absolute Gasteiger partial charge is 0.254 e. The highest BCUT2D eigenvalue weighted by Crippen LogP contribution is 2.62. The van der Waals surface area contributed by atoms with Gasteiger partial charge >= 0.3 is 0 Å². The molecule has 1 amide bonds. The third-order valence-electron chi connectivity index (χ3n) is 13.3. The van der Waals surface area contributed by atoms with Crippen LogP contribution in [0.2, 0.25) is 0 Å². The molecule has 6 atom stereocenters. The zero-order valence-electron chi connectivity index (χ0n) is 37.4. The van der Waals surface area contributed by atoms with Gasteiger partial charge in [0, 0.05) is 48.8 Å². The first-order chi connectivity index (χ1) is 32.4. The monoisotopic (exact) mass is 887 g/mol. The number of hydrogen-bond donors (Lipinski definition) is 2. The van der Waals surface area contributed by atoms with Crippen LogP contribution < -0.4 is 9.47 Å². The molecule has 5 aromatic carbocycles. The number of carbonyl (C=O) groups excluding carboxylic acids is 2. The molecule has 2 aliphatic carbocycles. The number of rotatable bonds is 20. The molecule has 6 unspecified atom stereocenters. The Morgan fingerprint density at radius 1 is 0.939 bits per heavy atom. The van der Waals surface area contributed by atoms with E-state index in [0.29, 0.717) is 59.1 Å². The first-order valence-corrected chi connectivity index (χ1v) is 23.1. The third-order valence-corrected chi connectivity index (χ3v) is 13.3. The van der Waals surface area contributed by atoms with Crippen molar-refractivity contribution in [2.75, 3.05) is 26.4 Å². The Kier molecular flexibility index (Phi) is 14.7. The fourth-order valence-corrected chi connectivity index (χ4v) is 10.4. The molecular formula is C55H57N3O8. The molecule has 1 aliphatic heterocycles. The molecule has 11 heteroatoms. The van der Waals surface area contributed by atoms with Crippen molar-refractivity contribution in [3.8, 4) is 23.3 Å². The molecule has 1 saturated carbocycles. The molecule has 0 spiro atoms. The lowest BCUT2D eigenvalue weighted by Gasteiger charge is -2.60. The lowest BCUT2D eigenvalue weighted by atomic mass is 9.55. The minimum atomic E-state index is -1.50. The average Bonchev–Trinajstić information content (AvgIpc) is 3.35. The summed E-state index contributed by atoms with van der Waals surface area (Å²) in [5, 5.41) is 36.6. The van der Waals surface area contributed by atoms with Gasteiger partial charge in [-0.1, -0.05) is 84.7 Å². The van der Waals surface area contributed by atoms with Crippen molar-refractivity contribution in [1.29, 1.82) is 5.26 Å². The Labute approximate surface area is 386 Å². The number of nitrogens with zero attached hydrogens (tertiary/aromatic N) is 3. The van der Waals surface area contributed by atoms with Gasteiger partial charge in [-0.2, -0.15) is 5.26 Å². The molecule has 2 N–H and O–H groups in total. The lowest BCUT2D eigenvalue weighted by molar-refractivity contribution is -0.255. The van der Waals surface area contributed by atoms with Crippen LogP contribution in [0.15, 0.2) is 139 Å². The maximum atomic E-state index is 15.5. The Balaban J connectivity index is 1.37. The number of aldehydes is 1. The summed E-state index contributed by atoms with van der Waals surface area (Å²) in [5.74, 6) is -0.880. The number of amides is 1. The van der Waals surface area contributed by atoms with Crippen LogP contribution in [0.25, 0.3) is 10.8 Å². The van der Waals surface area contributed by atoms with Crippen molar-refractivity contribution < 1.29 is 38.9 Å². The largest absolute Gasteiger partial charge is 0.459 e. The van der Waals surface area contributed by atoms with E-state index in [1.807, 2.05) is 60.4 Å². The predicted octanol–water partition coefficient (Wildman–Crippen LogP) is 10.3. The molecule has 8 rings (SSSR count). The van der Waals surface area contributed by atoms with Gasteiger partial charge in [0.25, 0.3) is 5.91 Å². The van der Waals surface area contributed by atoms with E-state index in [4.69, 9.17) is 24.2 Å². The average molecular weight is 888 g/mol. The van der Waals surface area contributed by atoms with Gasteiger partial charge < -0.3 is 34.2 Å². The van der Waals surface area contributed by atoms with E-state index in [9.17, 15) is 20.3 Å². The molecular weight excluding hydrogens is 831 g/mol. The summed E-state index contributed by atoms with van der Waals surface area (Å²) in [4.78, 5) is 35.1. The van der Waals surface area contributed by atoms with Crippen molar-refractivity contribution in [1.82, 2.24) is 4.90 Å². The second kappa shape index (κ2) is 21.2. The number of carbonyl (C=O) groups is 2. The lowest BCUT2D eigenvalue weighted by Crippen LogP contribution is -2.70. The van der Waals surface area contributed by atoms with E-state index in [1.54, 1.807) is 48.5 Å². The van der Waals surface area contributed by atoms with Crippen LogP contribution in [-0.4, -0.2) is 71.3 Å². The summed E-state index contributed by atoms with van der Waals surface area (Å²) in [6.45, 7) is 6.74. The van der Waals surface area contributed by atoms with Crippen molar-refractivity contribution in [3.63, 3.8) is 0 Å². The SMILES string of the molecule is C=CCOC12Oc3ccc(Oc4cccc(C=O)c4)cc3C3C(CCCCO)C(CCCCO)C=C(C(=NOCC)CC1N(Cc1cccc4ccccc14)C(=O)c1ccc(C#N)cc1)C32. The van der Waals surface area contributed by atoms with E-state index in [2.05, 4.69) is 36.9 Å². The number of ether oxygens (including phenoxy) is 3. The molecule has 340 valence electrons. The number of benzene rings is 5. The molecule has 66 heavy (non-hydrogen) atoms. The molecule has 0 aromatic heterocycles. The standard InChI is InChI=1S/C55H57N3O8/c1-3-29-63-55-51(58(54(62)40-23-21-37(34-56)22-24-40)35-42-17-12-16-39-14-5-6-19-45(39)42)33-49(57-64-4-2)47-31-41(15-7-9-27-59)46(20-8-10-28-60)52(53(47)55)48-32-44(25-26-50(48)66-55)65-43-18-11-13-38(30-43)36-61/h3,5-6,11-14,16-19,21-26,30-32,36,41,46,51-53,59-60H,1,4,7-10,15,20,27-29,33,35H2,2H3. The van der Waals surface area contributed by atoms with Gasteiger partial charge in [-0.15, -0.1) is 6.58 Å². The molecule has 1 fully saturated rings. The van der Waals surface area contributed by atoms with E-state index in [-0.39, 0.29) is 56.4 Å². The molecule has 0 bridgehead atoms. The molecule has 0 saturated heterocycles. The first-order valence-electron chi connectivity index (χ1n) is 23.1. The number of allylic oxidation sites excluding steroid dienone is 1. The van der Waals surface area contributed by atoms with E-state index >= 15 is 4.79 Å². The highest BCUT2D eigenvalue weighted by molar-refractivity contribution is 6.03. The number of unbranched alkanes of at least 4 members (excludes halogenated alkanes) is 2. The summed E-state index contributed by atoms with van der Waals surface area (Å²) in [5.41, 5.74) is 4.79. The maximum absolute atomic E-state index is 15.5. The summed E-state index contributed by atoms with van der Waals surface area (Å²) in [6.07, 6.45) is 9.46. The number of aliphatic hydroxyl groups excluding tert-OH is 2. The number of nitriles is 1. The van der Waals surface area contributed by atoms with Crippen LogP contribution in [0.4, 0.5) is 0 Å². The Hall–Kier alpha value is -6.58. The van der Waals surface area contributed by atoms with Crippen LogP contribution in [-0.2, 0) is 16.1 Å². The molecule has 0 radical (unpaired) electrons. The Bertz CT molecular complexity index is 2630. The van der Waals surface area contributed by atoms with E-state index in [1.165, 1.54) is 0 Å². The van der Waals surface area contributed by atoms with Gasteiger partial charge in [-0.05, 0) is 121 Å². The van der Waals surface area contributed by atoms with Crippen LogP contribution in [0.5, 0.6) is 17.2 Å². The Morgan fingerprint density at radius 2 is 1.70 bits per heavy atom. The quantitative estimate of drug-likeness (QED) is 0.0337. The molecule has 5 aromatic rings. The fourth-order valence-electron chi connectivity index (χ4n) is 10.4. The zero-order valence-corrected chi connectivity index (χ0v) is 37.4. The van der Waals surface area contributed by atoms with Crippen LogP contribution in [0, 0.1) is 29.1 Å². The molecule has 11 nitrogen and oxygen atoms in total. The topological polar surface area (TPSA) is 151 Å². The van der Waals surface area contributed by atoms with Crippen molar-refractivity contribution in [2.24, 2.45) is 22.9 Å². The highest BCUT2D eigenvalue weighted by atomic mass is 16.7. The second-order valence-electron chi connectivity index (χ2n) is 17.2. The van der Waals surface area contributed by atoms with Gasteiger partial charge in [0.05, 0.1) is 29.9 Å². The molecule has 1 heterocycles. The fraction of sp³-hybridized carbons (Fsp3) is 0.345. The summed E-state index contributed by atoms with van der Waals surface area (Å²) in [7, 11) is 0. The van der Waals surface area contributed by atoms with Gasteiger partial charge in [-0.3, -0.25) is 9.59 Å². The number of hydrogen-bond acceptors (Lipinski definition) is 10. The van der Waals surface area contributed by atoms with Gasteiger partial charge in [0.2, 0.25) is 5.79 Å². The van der Waals surface area contributed by atoms with Crippen LogP contribution >= 0.6 is 0 Å². The van der Waals surface area contributed by atoms with Crippen molar-refractivity contribution >= 4 is 28.7 Å². The number of fused-ring (bicyclic) bond motifs is 3.